The van der Waals surface area contributed by atoms with E-state index in [1.54, 1.807) is 14.0 Å². The molecule has 1 aliphatic rings. The monoisotopic (exact) mass is 216 g/mol. The molecule has 5 heteroatoms. The van der Waals surface area contributed by atoms with E-state index in [1.165, 1.54) is 4.90 Å². The summed E-state index contributed by atoms with van der Waals surface area (Å²) in [7, 11) is 1.67. The quantitative estimate of drug-likeness (QED) is 0.656. The Morgan fingerprint density at radius 3 is 2.60 bits per heavy atom. The van der Waals surface area contributed by atoms with Gasteiger partial charge in [-0.3, -0.25) is 4.79 Å². The Morgan fingerprint density at radius 2 is 2.13 bits per heavy atom. The van der Waals surface area contributed by atoms with Gasteiger partial charge in [-0.25, -0.2) is 0 Å². The molecule has 1 rings (SSSR count). The van der Waals surface area contributed by atoms with Gasteiger partial charge in [-0.05, 0) is 6.92 Å². The molecule has 0 aliphatic carbocycles. The molecule has 0 aromatic carbocycles. The Hall–Kier alpha value is -0.650. The molecular weight excluding hydrogens is 196 g/mol. The van der Waals surface area contributed by atoms with Crippen molar-refractivity contribution in [3.63, 3.8) is 0 Å². The molecule has 0 spiro atoms. The lowest BCUT2D eigenvalue weighted by Crippen LogP contribution is -2.50. The van der Waals surface area contributed by atoms with Gasteiger partial charge in [0.2, 0.25) is 5.91 Å². The van der Waals surface area contributed by atoms with E-state index in [2.05, 4.69) is 0 Å². The third-order valence-corrected chi connectivity index (χ3v) is 2.72. The van der Waals surface area contributed by atoms with Crippen LogP contribution in [0.5, 0.6) is 0 Å². The van der Waals surface area contributed by atoms with Crippen LogP contribution in [0.15, 0.2) is 0 Å². The molecule has 1 atom stereocenters. The zero-order chi connectivity index (χ0) is 11.5. The maximum atomic E-state index is 11.5. The van der Waals surface area contributed by atoms with Crippen molar-refractivity contribution in [1.82, 2.24) is 4.90 Å². The predicted molar refractivity (Wildman–Crippen MR) is 56.3 cm³/mol. The van der Waals surface area contributed by atoms with E-state index in [-0.39, 0.29) is 5.91 Å². The number of rotatable bonds is 3. The number of carbonyl (C=O) groups is 1. The number of amides is 1. The summed E-state index contributed by atoms with van der Waals surface area (Å²) in [6, 6.07) is -0.515. The van der Waals surface area contributed by atoms with Crippen molar-refractivity contribution in [2.24, 2.45) is 5.73 Å². The zero-order valence-corrected chi connectivity index (χ0v) is 9.40. The third kappa shape index (κ3) is 3.44. The number of nitrogens with two attached hydrogens (primary N) is 1. The summed E-state index contributed by atoms with van der Waals surface area (Å²) >= 11 is 0. The summed E-state index contributed by atoms with van der Waals surface area (Å²) < 4.78 is 5.17. The molecule has 1 aliphatic heterocycles. The van der Waals surface area contributed by atoms with Crippen molar-refractivity contribution in [2.75, 3.05) is 26.8 Å². The fourth-order valence-corrected chi connectivity index (χ4v) is 1.78. The second kappa shape index (κ2) is 4.92. The average molecular weight is 216 g/mol. The molecule has 1 fully saturated rings. The topological polar surface area (TPSA) is 75.8 Å². The SMILES string of the molecule is C[C@H](N)C(=O)N(C)CC1(O)CCOCC1. The molecule has 88 valence electrons. The maximum absolute atomic E-state index is 11.5. The molecule has 1 saturated heterocycles. The van der Waals surface area contributed by atoms with E-state index < -0.39 is 11.6 Å². The molecule has 0 aromatic heterocycles. The van der Waals surface area contributed by atoms with Crippen molar-refractivity contribution in [3.8, 4) is 0 Å². The second-order valence-corrected chi connectivity index (χ2v) is 4.32. The van der Waals surface area contributed by atoms with Gasteiger partial charge in [0, 0.05) is 39.6 Å². The van der Waals surface area contributed by atoms with Crippen LogP contribution in [0.1, 0.15) is 19.8 Å². The van der Waals surface area contributed by atoms with Gasteiger partial charge in [0.1, 0.15) is 0 Å². The highest BCUT2D eigenvalue weighted by molar-refractivity contribution is 5.80. The van der Waals surface area contributed by atoms with Crippen LogP contribution in [0.3, 0.4) is 0 Å². The summed E-state index contributed by atoms with van der Waals surface area (Å²) in [5.41, 5.74) is 4.68. The van der Waals surface area contributed by atoms with Crippen LogP contribution < -0.4 is 5.73 Å². The lowest BCUT2D eigenvalue weighted by Gasteiger charge is -2.35. The molecule has 0 aromatic rings. The first-order valence-corrected chi connectivity index (χ1v) is 5.25. The Balaban J connectivity index is 2.48. The van der Waals surface area contributed by atoms with Gasteiger partial charge >= 0.3 is 0 Å². The van der Waals surface area contributed by atoms with Gasteiger partial charge in [0.15, 0.2) is 0 Å². The number of hydrogen-bond donors (Lipinski definition) is 2. The van der Waals surface area contributed by atoms with Crippen LogP contribution in [0, 0.1) is 0 Å². The highest BCUT2D eigenvalue weighted by atomic mass is 16.5. The predicted octanol–water partition coefficient (Wildman–Crippen LogP) is -0.666. The van der Waals surface area contributed by atoms with Crippen molar-refractivity contribution < 1.29 is 14.6 Å². The molecule has 5 nitrogen and oxygen atoms in total. The van der Waals surface area contributed by atoms with E-state index in [1.807, 2.05) is 0 Å². The lowest BCUT2D eigenvalue weighted by molar-refractivity contribution is -0.137. The van der Waals surface area contributed by atoms with Gasteiger partial charge in [0.25, 0.3) is 0 Å². The molecule has 1 heterocycles. The average Bonchev–Trinajstić information content (AvgIpc) is 2.16. The van der Waals surface area contributed by atoms with Crippen molar-refractivity contribution in [3.05, 3.63) is 0 Å². The Morgan fingerprint density at radius 1 is 1.60 bits per heavy atom. The summed E-state index contributed by atoms with van der Waals surface area (Å²) in [6.45, 7) is 3.08. The summed E-state index contributed by atoms with van der Waals surface area (Å²) in [5.74, 6) is -0.144. The van der Waals surface area contributed by atoms with Gasteiger partial charge in [-0.1, -0.05) is 0 Å². The molecule has 15 heavy (non-hydrogen) atoms. The summed E-state index contributed by atoms with van der Waals surface area (Å²) in [5, 5.41) is 10.2. The minimum absolute atomic E-state index is 0.144. The second-order valence-electron chi connectivity index (χ2n) is 4.32. The van der Waals surface area contributed by atoms with Crippen LogP contribution in [-0.4, -0.2) is 54.4 Å². The van der Waals surface area contributed by atoms with Crippen LogP contribution in [0.4, 0.5) is 0 Å². The normalized spacial score (nSPS) is 22.1. The van der Waals surface area contributed by atoms with E-state index in [9.17, 15) is 9.90 Å². The van der Waals surface area contributed by atoms with Crippen molar-refractivity contribution >= 4 is 5.91 Å². The molecule has 0 radical (unpaired) electrons. The standard InChI is InChI=1S/C10H20N2O3/c1-8(11)9(13)12(2)7-10(14)3-5-15-6-4-10/h8,14H,3-7,11H2,1-2H3/t8-/m0/s1. The molecule has 1 amide bonds. The number of hydrogen-bond acceptors (Lipinski definition) is 4. The Labute approximate surface area is 90.2 Å². The van der Waals surface area contributed by atoms with Gasteiger partial charge in [-0.2, -0.15) is 0 Å². The Bertz CT molecular complexity index is 225. The Kier molecular flexibility index (Phi) is 4.07. The number of likely N-dealkylation sites (N-methyl/N-ethyl adjacent to an activating group) is 1. The fraction of sp³-hybridized carbons (Fsp3) is 0.900. The van der Waals surface area contributed by atoms with Gasteiger partial charge in [0.05, 0.1) is 11.6 Å². The van der Waals surface area contributed by atoms with Gasteiger partial charge in [-0.15, -0.1) is 0 Å². The molecular formula is C10H20N2O3. The minimum atomic E-state index is -0.808. The lowest BCUT2D eigenvalue weighted by atomic mass is 9.94. The minimum Gasteiger partial charge on any atom is -0.388 e. The number of nitrogens with zero attached hydrogens (tertiary/aromatic N) is 1. The molecule has 3 N–H and O–H groups in total. The number of ether oxygens (including phenoxy) is 1. The first kappa shape index (κ1) is 12.4. The first-order chi connectivity index (χ1) is 6.94. The summed E-state index contributed by atoms with van der Waals surface area (Å²) in [4.78, 5) is 13.0. The fourth-order valence-electron chi connectivity index (χ4n) is 1.78. The van der Waals surface area contributed by atoms with E-state index in [4.69, 9.17) is 10.5 Å². The zero-order valence-electron chi connectivity index (χ0n) is 9.40. The van der Waals surface area contributed by atoms with E-state index >= 15 is 0 Å². The first-order valence-electron chi connectivity index (χ1n) is 5.25. The van der Waals surface area contributed by atoms with Crippen LogP contribution >= 0.6 is 0 Å². The van der Waals surface area contributed by atoms with E-state index in [0.717, 1.165) is 0 Å². The number of aliphatic hydroxyl groups is 1. The van der Waals surface area contributed by atoms with Crippen molar-refractivity contribution in [1.29, 1.82) is 0 Å². The molecule has 0 unspecified atom stereocenters. The summed E-state index contributed by atoms with van der Waals surface area (Å²) in [6.07, 6.45) is 1.15. The van der Waals surface area contributed by atoms with Crippen LogP contribution in [0.25, 0.3) is 0 Å². The highest BCUT2D eigenvalue weighted by Gasteiger charge is 2.32. The molecule has 0 saturated carbocycles. The van der Waals surface area contributed by atoms with Crippen molar-refractivity contribution in [2.45, 2.75) is 31.4 Å². The largest absolute Gasteiger partial charge is 0.388 e. The van der Waals surface area contributed by atoms with E-state index in [0.29, 0.717) is 32.6 Å². The number of carbonyl (C=O) groups excluding carboxylic acids is 1. The van der Waals surface area contributed by atoms with Gasteiger partial charge < -0.3 is 20.5 Å². The maximum Gasteiger partial charge on any atom is 0.239 e. The van der Waals surface area contributed by atoms with Crippen LogP contribution in [0.2, 0.25) is 0 Å². The third-order valence-electron chi connectivity index (χ3n) is 2.72. The highest BCUT2D eigenvalue weighted by Crippen LogP contribution is 2.21. The van der Waals surface area contributed by atoms with Crippen LogP contribution in [-0.2, 0) is 9.53 Å². The smallest absolute Gasteiger partial charge is 0.239 e. The molecule has 0 bridgehead atoms.